The highest BCUT2D eigenvalue weighted by Crippen LogP contribution is 2.38. The highest BCUT2D eigenvalue weighted by molar-refractivity contribution is 9.10. The zero-order valence-electron chi connectivity index (χ0n) is 13.2. The van der Waals surface area contributed by atoms with Crippen LogP contribution in [0.3, 0.4) is 0 Å². The van der Waals surface area contributed by atoms with E-state index in [0.29, 0.717) is 6.10 Å². The van der Waals surface area contributed by atoms with Crippen molar-refractivity contribution in [3.05, 3.63) is 22.2 Å². The SMILES string of the molecule is COc1cc(Br)cc(CN2CCNCC2)c1OC1CCCC1. The molecule has 0 radical (unpaired) electrons. The third-order valence-corrected chi connectivity index (χ3v) is 4.96. The lowest BCUT2D eigenvalue weighted by Crippen LogP contribution is -2.43. The Kier molecular flexibility index (Phi) is 5.61. The minimum atomic E-state index is 0.344. The Labute approximate surface area is 141 Å². The van der Waals surface area contributed by atoms with Crippen LogP contribution < -0.4 is 14.8 Å². The normalized spacial score (nSPS) is 20.3. The topological polar surface area (TPSA) is 33.7 Å². The van der Waals surface area contributed by atoms with Crippen LogP contribution >= 0.6 is 15.9 Å². The first-order chi connectivity index (χ1) is 10.8. The first kappa shape index (κ1) is 16.1. The molecule has 0 aromatic heterocycles. The van der Waals surface area contributed by atoms with Gasteiger partial charge in [-0.3, -0.25) is 4.90 Å². The van der Waals surface area contributed by atoms with Crippen LogP contribution in [0, 0.1) is 0 Å². The fraction of sp³-hybridized carbons (Fsp3) is 0.647. The van der Waals surface area contributed by atoms with Gasteiger partial charge in [-0.2, -0.15) is 0 Å². The van der Waals surface area contributed by atoms with Crippen molar-refractivity contribution in [1.29, 1.82) is 0 Å². The summed E-state index contributed by atoms with van der Waals surface area (Å²) in [7, 11) is 1.72. The summed E-state index contributed by atoms with van der Waals surface area (Å²) >= 11 is 3.60. The second-order valence-corrected chi connectivity index (χ2v) is 7.06. The molecular weight excluding hydrogens is 344 g/mol. The minimum Gasteiger partial charge on any atom is -0.493 e. The molecule has 1 aromatic rings. The predicted octanol–water partition coefficient (Wildman–Crippen LogP) is 3.18. The lowest BCUT2D eigenvalue weighted by atomic mass is 10.1. The third kappa shape index (κ3) is 3.94. The second-order valence-electron chi connectivity index (χ2n) is 6.15. The molecule has 1 aromatic carbocycles. The van der Waals surface area contributed by atoms with Crippen molar-refractivity contribution in [1.82, 2.24) is 10.2 Å². The standard InChI is InChI=1S/C17H25BrN2O2/c1-21-16-11-14(18)10-13(12-20-8-6-19-7-9-20)17(16)22-15-4-2-3-5-15/h10-11,15,19H,2-9,12H2,1H3. The molecule has 1 aliphatic carbocycles. The fourth-order valence-electron chi connectivity index (χ4n) is 3.31. The molecule has 3 rings (SSSR count). The monoisotopic (exact) mass is 368 g/mol. The number of piperazine rings is 1. The second kappa shape index (κ2) is 7.66. The van der Waals surface area contributed by atoms with Crippen molar-refractivity contribution in [2.45, 2.75) is 38.3 Å². The number of hydrogen-bond acceptors (Lipinski definition) is 4. The van der Waals surface area contributed by atoms with E-state index in [0.717, 1.165) is 61.5 Å². The van der Waals surface area contributed by atoms with E-state index in [9.17, 15) is 0 Å². The van der Waals surface area contributed by atoms with Crippen LogP contribution in [-0.2, 0) is 6.54 Å². The van der Waals surface area contributed by atoms with Crippen molar-refractivity contribution in [3.63, 3.8) is 0 Å². The quantitative estimate of drug-likeness (QED) is 0.865. The van der Waals surface area contributed by atoms with E-state index in [1.165, 1.54) is 18.4 Å². The van der Waals surface area contributed by atoms with Crippen LogP contribution in [0.2, 0.25) is 0 Å². The number of hydrogen-bond donors (Lipinski definition) is 1. The molecule has 1 saturated heterocycles. The van der Waals surface area contributed by atoms with Crippen LogP contribution in [0.4, 0.5) is 0 Å². The van der Waals surface area contributed by atoms with Crippen molar-refractivity contribution in [2.24, 2.45) is 0 Å². The number of benzene rings is 1. The minimum absolute atomic E-state index is 0.344. The van der Waals surface area contributed by atoms with Gasteiger partial charge in [0.15, 0.2) is 11.5 Å². The third-order valence-electron chi connectivity index (χ3n) is 4.51. The molecule has 1 N–H and O–H groups in total. The Hall–Kier alpha value is -0.780. The smallest absolute Gasteiger partial charge is 0.166 e. The molecule has 1 aliphatic heterocycles. The first-order valence-corrected chi connectivity index (χ1v) is 9.01. The van der Waals surface area contributed by atoms with Crippen molar-refractivity contribution in [3.8, 4) is 11.5 Å². The summed E-state index contributed by atoms with van der Waals surface area (Å²) in [6.07, 6.45) is 5.21. The summed E-state index contributed by atoms with van der Waals surface area (Å²) in [5.41, 5.74) is 1.22. The van der Waals surface area contributed by atoms with Gasteiger partial charge in [-0.25, -0.2) is 0 Å². The van der Waals surface area contributed by atoms with Crippen molar-refractivity contribution in [2.75, 3.05) is 33.3 Å². The van der Waals surface area contributed by atoms with Crippen molar-refractivity contribution >= 4 is 15.9 Å². The molecule has 0 amide bonds. The number of nitrogens with zero attached hydrogens (tertiary/aromatic N) is 1. The summed E-state index contributed by atoms with van der Waals surface area (Å²) in [5, 5.41) is 3.40. The molecule has 0 unspecified atom stereocenters. The highest BCUT2D eigenvalue weighted by Gasteiger charge is 2.22. The largest absolute Gasteiger partial charge is 0.493 e. The van der Waals surface area contributed by atoms with Gasteiger partial charge in [0.25, 0.3) is 0 Å². The zero-order chi connectivity index (χ0) is 15.4. The van der Waals surface area contributed by atoms with Gasteiger partial charge in [-0.05, 0) is 37.8 Å². The molecular formula is C17H25BrN2O2. The lowest BCUT2D eigenvalue weighted by Gasteiger charge is -2.29. The van der Waals surface area contributed by atoms with Gasteiger partial charge in [0, 0.05) is 42.8 Å². The average molecular weight is 369 g/mol. The van der Waals surface area contributed by atoms with Gasteiger partial charge < -0.3 is 14.8 Å². The molecule has 1 saturated carbocycles. The number of rotatable bonds is 5. The van der Waals surface area contributed by atoms with Gasteiger partial charge in [0.1, 0.15) is 0 Å². The maximum absolute atomic E-state index is 6.34. The Bertz CT molecular complexity index is 498. The Balaban J connectivity index is 1.82. The molecule has 0 bridgehead atoms. The molecule has 0 spiro atoms. The van der Waals surface area contributed by atoms with Crippen molar-refractivity contribution < 1.29 is 9.47 Å². The van der Waals surface area contributed by atoms with Crippen LogP contribution in [0.1, 0.15) is 31.2 Å². The van der Waals surface area contributed by atoms with Crippen LogP contribution in [0.15, 0.2) is 16.6 Å². The van der Waals surface area contributed by atoms with E-state index in [2.05, 4.69) is 32.2 Å². The maximum Gasteiger partial charge on any atom is 0.166 e. The van der Waals surface area contributed by atoms with E-state index in [4.69, 9.17) is 9.47 Å². The highest BCUT2D eigenvalue weighted by atomic mass is 79.9. The van der Waals surface area contributed by atoms with E-state index in [1.54, 1.807) is 7.11 Å². The van der Waals surface area contributed by atoms with Gasteiger partial charge in [-0.15, -0.1) is 0 Å². The zero-order valence-corrected chi connectivity index (χ0v) is 14.8. The van der Waals surface area contributed by atoms with E-state index < -0.39 is 0 Å². The molecule has 2 fully saturated rings. The first-order valence-electron chi connectivity index (χ1n) is 8.22. The van der Waals surface area contributed by atoms with E-state index in [-0.39, 0.29) is 0 Å². The maximum atomic E-state index is 6.34. The van der Waals surface area contributed by atoms with Gasteiger partial charge in [0.05, 0.1) is 13.2 Å². The van der Waals surface area contributed by atoms with Gasteiger partial charge in [-0.1, -0.05) is 15.9 Å². The number of halogens is 1. The summed E-state index contributed by atoms with van der Waals surface area (Å²) in [4.78, 5) is 2.47. The lowest BCUT2D eigenvalue weighted by molar-refractivity contribution is 0.189. The molecule has 1 heterocycles. The number of ether oxygens (including phenoxy) is 2. The van der Waals surface area contributed by atoms with Gasteiger partial charge >= 0.3 is 0 Å². The summed E-state index contributed by atoms with van der Waals surface area (Å²) < 4.78 is 13.0. The van der Waals surface area contributed by atoms with Gasteiger partial charge in [0.2, 0.25) is 0 Å². The Morgan fingerprint density at radius 1 is 1.23 bits per heavy atom. The van der Waals surface area contributed by atoms with E-state index in [1.807, 2.05) is 6.07 Å². The predicted molar refractivity (Wildman–Crippen MR) is 91.7 cm³/mol. The summed E-state index contributed by atoms with van der Waals surface area (Å²) in [6, 6.07) is 4.18. The average Bonchev–Trinajstić information content (AvgIpc) is 3.03. The number of methoxy groups -OCH3 is 1. The van der Waals surface area contributed by atoms with Crippen LogP contribution in [0.25, 0.3) is 0 Å². The molecule has 0 atom stereocenters. The summed E-state index contributed by atoms with van der Waals surface area (Å²) in [6.45, 7) is 5.20. The fourth-order valence-corrected chi connectivity index (χ4v) is 3.79. The molecule has 5 heteroatoms. The summed E-state index contributed by atoms with van der Waals surface area (Å²) in [5.74, 6) is 1.78. The molecule has 22 heavy (non-hydrogen) atoms. The van der Waals surface area contributed by atoms with E-state index >= 15 is 0 Å². The number of nitrogens with one attached hydrogen (secondary N) is 1. The van der Waals surface area contributed by atoms with Crippen LogP contribution in [-0.4, -0.2) is 44.3 Å². The van der Waals surface area contributed by atoms with Crippen LogP contribution in [0.5, 0.6) is 11.5 Å². The Morgan fingerprint density at radius 3 is 2.64 bits per heavy atom. The Morgan fingerprint density at radius 2 is 1.95 bits per heavy atom. The molecule has 4 nitrogen and oxygen atoms in total. The molecule has 122 valence electrons. The molecule has 2 aliphatic rings.